The van der Waals surface area contributed by atoms with Crippen molar-refractivity contribution in [1.82, 2.24) is 10.2 Å². The van der Waals surface area contributed by atoms with Gasteiger partial charge in [0.15, 0.2) is 0 Å². The molecule has 28 heavy (non-hydrogen) atoms. The Morgan fingerprint density at radius 1 is 1.11 bits per heavy atom. The van der Waals surface area contributed by atoms with E-state index in [0.717, 1.165) is 25.7 Å². The molecule has 1 heterocycles. The number of rotatable bonds is 7. The maximum absolute atomic E-state index is 13.2. The lowest BCUT2D eigenvalue weighted by atomic mass is 9.96. The lowest BCUT2D eigenvalue weighted by Gasteiger charge is -2.32. The van der Waals surface area contributed by atoms with Gasteiger partial charge < -0.3 is 15.0 Å². The first-order chi connectivity index (χ1) is 13.7. The second-order valence-corrected chi connectivity index (χ2v) is 7.15. The minimum atomic E-state index is -0.142. The van der Waals surface area contributed by atoms with Crippen LogP contribution in [0.15, 0.2) is 54.6 Å². The SMILES string of the molecule is CCCCNC(=O)C1CCCN(C(=O)c2ccccc2Oc2ccccc2)C1. The van der Waals surface area contributed by atoms with Gasteiger partial charge >= 0.3 is 0 Å². The zero-order valence-electron chi connectivity index (χ0n) is 16.4. The van der Waals surface area contributed by atoms with E-state index in [-0.39, 0.29) is 17.7 Å². The maximum atomic E-state index is 13.2. The van der Waals surface area contributed by atoms with Crippen molar-refractivity contribution in [2.75, 3.05) is 19.6 Å². The van der Waals surface area contributed by atoms with Crippen LogP contribution in [0.3, 0.4) is 0 Å². The van der Waals surface area contributed by atoms with Gasteiger partial charge in [0.1, 0.15) is 11.5 Å². The van der Waals surface area contributed by atoms with Crippen LogP contribution in [0.5, 0.6) is 11.5 Å². The fourth-order valence-electron chi connectivity index (χ4n) is 3.43. The van der Waals surface area contributed by atoms with E-state index >= 15 is 0 Å². The van der Waals surface area contributed by atoms with E-state index in [9.17, 15) is 9.59 Å². The van der Waals surface area contributed by atoms with Crippen molar-refractivity contribution in [1.29, 1.82) is 0 Å². The van der Waals surface area contributed by atoms with E-state index in [4.69, 9.17) is 4.74 Å². The van der Waals surface area contributed by atoms with Crippen LogP contribution in [0.25, 0.3) is 0 Å². The Morgan fingerprint density at radius 2 is 1.86 bits per heavy atom. The summed E-state index contributed by atoms with van der Waals surface area (Å²) in [6, 6.07) is 16.7. The number of para-hydroxylation sites is 2. The molecular weight excluding hydrogens is 352 g/mol. The van der Waals surface area contributed by atoms with Gasteiger partial charge in [-0.25, -0.2) is 0 Å². The Bertz CT molecular complexity index is 791. The average molecular weight is 380 g/mol. The highest BCUT2D eigenvalue weighted by atomic mass is 16.5. The summed E-state index contributed by atoms with van der Waals surface area (Å²) in [6.45, 7) is 3.92. The topological polar surface area (TPSA) is 58.6 Å². The number of amides is 2. The molecule has 0 saturated carbocycles. The minimum Gasteiger partial charge on any atom is -0.457 e. The number of likely N-dealkylation sites (tertiary alicyclic amines) is 1. The van der Waals surface area contributed by atoms with Crippen molar-refractivity contribution >= 4 is 11.8 Å². The van der Waals surface area contributed by atoms with Gasteiger partial charge in [0.25, 0.3) is 5.91 Å². The number of piperidine rings is 1. The molecule has 2 aromatic carbocycles. The number of nitrogens with one attached hydrogen (secondary N) is 1. The fraction of sp³-hybridized carbons (Fsp3) is 0.391. The first-order valence-corrected chi connectivity index (χ1v) is 10.1. The number of carbonyl (C=O) groups excluding carboxylic acids is 2. The molecule has 0 spiro atoms. The van der Waals surface area contributed by atoms with Crippen molar-refractivity contribution < 1.29 is 14.3 Å². The van der Waals surface area contributed by atoms with E-state index in [2.05, 4.69) is 12.2 Å². The van der Waals surface area contributed by atoms with Gasteiger partial charge in [-0.2, -0.15) is 0 Å². The molecule has 1 aliphatic rings. The number of carbonyl (C=O) groups is 2. The first-order valence-electron chi connectivity index (χ1n) is 10.1. The Morgan fingerprint density at radius 3 is 2.64 bits per heavy atom. The van der Waals surface area contributed by atoms with Crippen LogP contribution in [-0.2, 0) is 4.79 Å². The molecule has 1 aliphatic heterocycles. The number of ether oxygens (including phenoxy) is 1. The van der Waals surface area contributed by atoms with Crippen molar-refractivity contribution in [3.05, 3.63) is 60.2 Å². The quantitative estimate of drug-likeness (QED) is 0.731. The van der Waals surface area contributed by atoms with E-state index in [1.54, 1.807) is 17.0 Å². The van der Waals surface area contributed by atoms with Crippen LogP contribution in [0.2, 0.25) is 0 Å². The first kappa shape index (κ1) is 19.9. The van der Waals surface area contributed by atoms with Crippen molar-refractivity contribution in [2.45, 2.75) is 32.6 Å². The molecule has 0 aliphatic carbocycles. The summed E-state index contributed by atoms with van der Waals surface area (Å²) in [5.41, 5.74) is 0.526. The number of nitrogens with zero attached hydrogens (tertiary/aromatic N) is 1. The third kappa shape index (κ3) is 5.12. The van der Waals surface area contributed by atoms with E-state index in [1.165, 1.54) is 0 Å². The standard InChI is InChI=1S/C23H28N2O3/c1-2-3-15-24-22(26)18-10-9-16-25(17-18)23(27)20-13-7-8-14-21(20)28-19-11-5-4-6-12-19/h4-8,11-14,18H,2-3,9-10,15-17H2,1H3,(H,24,26). The molecule has 1 unspecified atom stereocenters. The second kappa shape index (κ2) is 9.93. The van der Waals surface area contributed by atoms with Gasteiger partial charge in [-0.05, 0) is 43.5 Å². The minimum absolute atomic E-state index is 0.0553. The second-order valence-electron chi connectivity index (χ2n) is 7.15. The van der Waals surface area contributed by atoms with Gasteiger partial charge in [-0.3, -0.25) is 9.59 Å². The zero-order chi connectivity index (χ0) is 19.8. The van der Waals surface area contributed by atoms with Gasteiger partial charge in [-0.1, -0.05) is 43.7 Å². The van der Waals surface area contributed by atoms with Crippen LogP contribution in [0, 0.1) is 5.92 Å². The Labute approximate surface area is 166 Å². The molecule has 3 rings (SSSR count). The summed E-state index contributed by atoms with van der Waals surface area (Å²) in [5, 5.41) is 3.00. The summed E-state index contributed by atoms with van der Waals surface area (Å²) in [6.07, 6.45) is 3.68. The Hall–Kier alpha value is -2.82. The van der Waals surface area contributed by atoms with Crippen LogP contribution < -0.4 is 10.1 Å². The van der Waals surface area contributed by atoms with Crippen molar-refractivity contribution in [3.8, 4) is 11.5 Å². The highest BCUT2D eigenvalue weighted by Gasteiger charge is 2.29. The van der Waals surface area contributed by atoms with Crippen LogP contribution in [0.1, 0.15) is 43.0 Å². The molecule has 0 aromatic heterocycles. The average Bonchev–Trinajstić information content (AvgIpc) is 2.74. The number of benzene rings is 2. The molecule has 5 nitrogen and oxygen atoms in total. The summed E-state index contributed by atoms with van der Waals surface area (Å²) < 4.78 is 5.93. The molecule has 5 heteroatoms. The molecular formula is C23H28N2O3. The molecule has 1 atom stereocenters. The predicted molar refractivity (Wildman–Crippen MR) is 110 cm³/mol. The van der Waals surface area contributed by atoms with E-state index < -0.39 is 0 Å². The zero-order valence-corrected chi connectivity index (χ0v) is 16.4. The third-order valence-electron chi connectivity index (χ3n) is 5.00. The molecule has 2 amide bonds. The number of hydrogen-bond acceptors (Lipinski definition) is 3. The molecule has 0 radical (unpaired) electrons. The van der Waals surface area contributed by atoms with Crippen molar-refractivity contribution in [2.24, 2.45) is 5.92 Å². The lowest BCUT2D eigenvalue weighted by molar-refractivity contribution is -0.126. The van der Waals surface area contributed by atoms with Crippen LogP contribution >= 0.6 is 0 Å². The summed E-state index contributed by atoms with van der Waals surface area (Å²) in [5.74, 6) is 1.05. The molecule has 2 aromatic rings. The molecule has 0 bridgehead atoms. The fourth-order valence-corrected chi connectivity index (χ4v) is 3.43. The van der Waals surface area contributed by atoms with Gasteiger partial charge in [-0.15, -0.1) is 0 Å². The predicted octanol–water partition coefficient (Wildman–Crippen LogP) is 4.25. The van der Waals surface area contributed by atoms with Gasteiger partial charge in [0, 0.05) is 19.6 Å². The normalized spacial score (nSPS) is 16.5. The summed E-state index contributed by atoms with van der Waals surface area (Å²) >= 11 is 0. The molecule has 148 valence electrons. The third-order valence-corrected chi connectivity index (χ3v) is 5.00. The highest BCUT2D eigenvalue weighted by molar-refractivity contribution is 5.97. The monoisotopic (exact) mass is 380 g/mol. The Balaban J connectivity index is 1.69. The van der Waals surface area contributed by atoms with Gasteiger partial charge in [0.05, 0.1) is 11.5 Å². The van der Waals surface area contributed by atoms with Crippen molar-refractivity contribution in [3.63, 3.8) is 0 Å². The lowest BCUT2D eigenvalue weighted by Crippen LogP contribution is -2.45. The molecule has 1 saturated heterocycles. The number of unbranched alkanes of at least 4 members (excludes halogenated alkanes) is 1. The largest absolute Gasteiger partial charge is 0.457 e. The Kier molecular flexibility index (Phi) is 7.06. The van der Waals surface area contributed by atoms with E-state index in [1.807, 2.05) is 42.5 Å². The van der Waals surface area contributed by atoms with Crippen LogP contribution in [-0.4, -0.2) is 36.3 Å². The summed E-state index contributed by atoms with van der Waals surface area (Å²) in [4.78, 5) is 27.3. The van der Waals surface area contributed by atoms with E-state index in [0.29, 0.717) is 36.7 Å². The van der Waals surface area contributed by atoms with Crippen LogP contribution in [0.4, 0.5) is 0 Å². The molecule has 1 N–H and O–H groups in total. The molecule has 1 fully saturated rings. The van der Waals surface area contributed by atoms with Gasteiger partial charge in [0.2, 0.25) is 5.91 Å². The summed E-state index contributed by atoms with van der Waals surface area (Å²) in [7, 11) is 0. The maximum Gasteiger partial charge on any atom is 0.257 e. The smallest absolute Gasteiger partial charge is 0.257 e. The highest BCUT2D eigenvalue weighted by Crippen LogP contribution is 2.27. The number of hydrogen-bond donors (Lipinski definition) is 1.